The molecule has 0 amide bonds. The quantitative estimate of drug-likeness (QED) is 0.719. The Labute approximate surface area is 126 Å². The fourth-order valence-electron chi connectivity index (χ4n) is 2.40. The lowest BCUT2D eigenvalue weighted by molar-refractivity contribution is 0.104. The number of halogens is 1. The number of hydrogen-bond acceptors (Lipinski definition) is 2. The molecule has 0 aliphatic rings. The molecule has 3 aromatic rings. The van der Waals surface area contributed by atoms with Crippen LogP contribution in [0.25, 0.3) is 10.9 Å². The molecule has 1 aromatic heterocycles. The Balaban J connectivity index is 2.18. The number of aromatic amines is 1. The lowest BCUT2D eigenvalue weighted by Crippen LogP contribution is -2.01. The molecule has 0 aliphatic carbocycles. The van der Waals surface area contributed by atoms with Crippen molar-refractivity contribution in [1.29, 1.82) is 5.26 Å². The Kier molecular flexibility index (Phi) is 3.25. The van der Waals surface area contributed by atoms with Crippen molar-refractivity contribution in [3.8, 4) is 6.07 Å². The number of fused-ring (bicyclic) bond motifs is 1. The van der Waals surface area contributed by atoms with Crippen molar-refractivity contribution in [2.75, 3.05) is 0 Å². The lowest BCUT2D eigenvalue weighted by Gasteiger charge is -2.03. The van der Waals surface area contributed by atoms with Crippen molar-refractivity contribution in [1.82, 2.24) is 4.98 Å². The average Bonchev–Trinajstić information content (AvgIpc) is 2.93. The van der Waals surface area contributed by atoms with Crippen LogP contribution in [0.1, 0.15) is 27.0 Å². The van der Waals surface area contributed by atoms with Gasteiger partial charge in [0.15, 0.2) is 5.78 Å². The van der Waals surface area contributed by atoms with E-state index in [-0.39, 0.29) is 5.78 Å². The monoisotopic (exact) mass is 294 g/mol. The van der Waals surface area contributed by atoms with Gasteiger partial charge in [0, 0.05) is 33.2 Å². The van der Waals surface area contributed by atoms with Gasteiger partial charge in [0.05, 0.1) is 11.6 Å². The largest absolute Gasteiger partial charge is 0.360 e. The molecule has 0 saturated heterocycles. The van der Waals surface area contributed by atoms with E-state index in [1.807, 2.05) is 13.0 Å². The van der Waals surface area contributed by atoms with Gasteiger partial charge in [0.2, 0.25) is 0 Å². The fraction of sp³-hybridized carbons (Fsp3) is 0.0588. The van der Waals surface area contributed by atoms with E-state index in [4.69, 9.17) is 11.6 Å². The second-order valence-electron chi connectivity index (χ2n) is 4.84. The molecule has 2 aromatic carbocycles. The summed E-state index contributed by atoms with van der Waals surface area (Å²) in [4.78, 5) is 15.7. The van der Waals surface area contributed by atoms with E-state index < -0.39 is 0 Å². The number of nitriles is 1. The first-order valence-electron chi connectivity index (χ1n) is 6.43. The Hall–Kier alpha value is -2.57. The molecular formula is C17H11ClN2O. The molecule has 3 nitrogen and oxygen atoms in total. The number of rotatable bonds is 2. The van der Waals surface area contributed by atoms with Crippen LogP contribution in [-0.2, 0) is 0 Å². The average molecular weight is 295 g/mol. The first-order valence-corrected chi connectivity index (χ1v) is 6.80. The molecule has 21 heavy (non-hydrogen) atoms. The number of benzene rings is 2. The summed E-state index contributed by atoms with van der Waals surface area (Å²) >= 11 is 5.99. The van der Waals surface area contributed by atoms with Crippen LogP contribution in [0.2, 0.25) is 5.02 Å². The van der Waals surface area contributed by atoms with Crippen LogP contribution < -0.4 is 0 Å². The van der Waals surface area contributed by atoms with Gasteiger partial charge in [-0.2, -0.15) is 5.26 Å². The SMILES string of the molecule is Cc1cc(C(=O)c2c[nH]c3cccc(C#N)c23)ccc1Cl. The van der Waals surface area contributed by atoms with Crippen LogP contribution in [0.15, 0.2) is 42.6 Å². The maximum absolute atomic E-state index is 12.7. The van der Waals surface area contributed by atoms with Gasteiger partial charge in [0.1, 0.15) is 0 Å². The molecule has 0 unspecified atom stereocenters. The number of H-pyrrole nitrogens is 1. The number of carbonyl (C=O) groups is 1. The van der Waals surface area contributed by atoms with E-state index in [2.05, 4.69) is 11.1 Å². The molecule has 0 saturated carbocycles. The summed E-state index contributed by atoms with van der Waals surface area (Å²) in [6.45, 7) is 1.86. The molecule has 0 fully saturated rings. The van der Waals surface area contributed by atoms with E-state index in [0.29, 0.717) is 27.1 Å². The van der Waals surface area contributed by atoms with Gasteiger partial charge < -0.3 is 4.98 Å². The molecule has 0 bridgehead atoms. The second-order valence-corrected chi connectivity index (χ2v) is 5.24. The molecule has 3 rings (SSSR count). The molecule has 1 heterocycles. The van der Waals surface area contributed by atoms with E-state index in [0.717, 1.165) is 11.1 Å². The Morgan fingerprint density at radius 2 is 2.10 bits per heavy atom. The first-order chi connectivity index (χ1) is 10.1. The topological polar surface area (TPSA) is 56.6 Å². The summed E-state index contributed by atoms with van der Waals surface area (Å²) < 4.78 is 0. The van der Waals surface area contributed by atoms with Gasteiger partial charge in [-0.25, -0.2) is 0 Å². The van der Waals surface area contributed by atoms with Gasteiger partial charge in [-0.3, -0.25) is 4.79 Å². The maximum atomic E-state index is 12.7. The Morgan fingerprint density at radius 1 is 1.29 bits per heavy atom. The van der Waals surface area contributed by atoms with Crippen LogP contribution in [0.4, 0.5) is 0 Å². The van der Waals surface area contributed by atoms with Crippen molar-refractivity contribution < 1.29 is 4.79 Å². The number of carbonyl (C=O) groups excluding carboxylic acids is 1. The molecular weight excluding hydrogens is 284 g/mol. The third-order valence-corrected chi connectivity index (χ3v) is 3.92. The van der Waals surface area contributed by atoms with E-state index in [1.54, 1.807) is 36.5 Å². The number of hydrogen-bond donors (Lipinski definition) is 1. The van der Waals surface area contributed by atoms with Crippen molar-refractivity contribution in [3.63, 3.8) is 0 Å². The second kappa shape index (κ2) is 5.08. The van der Waals surface area contributed by atoms with Gasteiger partial charge >= 0.3 is 0 Å². The number of aryl methyl sites for hydroxylation is 1. The third-order valence-electron chi connectivity index (χ3n) is 3.49. The zero-order chi connectivity index (χ0) is 15.0. The Bertz CT molecular complexity index is 903. The highest BCUT2D eigenvalue weighted by Crippen LogP contribution is 2.26. The first kappa shape index (κ1) is 13.4. The summed E-state index contributed by atoms with van der Waals surface area (Å²) in [5.74, 6) is -0.122. The smallest absolute Gasteiger partial charge is 0.195 e. The van der Waals surface area contributed by atoms with Gasteiger partial charge in [-0.1, -0.05) is 17.7 Å². The van der Waals surface area contributed by atoms with Crippen molar-refractivity contribution in [3.05, 3.63) is 69.9 Å². The Morgan fingerprint density at radius 3 is 2.81 bits per heavy atom. The lowest BCUT2D eigenvalue weighted by atomic mass is 9.99. The van der Waals surface area contributed by atoms with Crippen LogP contribution in [-0.4, -0.2) is 10.8 Å². The van der Waals surface area contributed by atoms with E-state index in [9.17, 15) is 10.1 Å². The van der Waals surface area contributed by atoms with E-state index in [1.165, 1.54) is 0 Å². The summed E-state index contributed by atoms with van der Waals surface area (Å²) in [5, 5.41) is 10.5. The summed E-state index contributed by atoms with van der Waals surface area (Å²) in [6.07, 6.45) is 1.65. The van der Waals surface area contributed by atoms with Crippen molar-refractivity contribution >= 4 is 28.3 Å². The summed E-state index contributed by atoms with van der Waals surface area (Å²) in [5.41, 5.74) is 3.18. The maximum Gasteiger partial charge on any atom is 0.195 e. The number of ketones is 1. The summed E-state index contributed by atoms with van der Waals surface area (Å²) in [6, 6.07) is 12.7. The predicted molar refractivity (Wildman–Crippen MR) is 82.6 cm³/mol. The highest BCUT2D eigenvalue weighted by atomic mass is 35.5. The van der Waals surface area contributed by atoms with Gasteiger partial charge in [-0.05, 0) is 42.8 Å². The molecule has 0 radical (unpaired) electrons. The minimum atomic E-state index is -0.122. The minimum Gasteiger partial charge on any atom is -0.360 e. The fourth-order valence-corrected chi connectivity index (χ4v) is 2.52. The predicted octanol–water partition coefficient (Wildman–Crippen LogP) is 4.23. The zero-order valence-electron chi connectivity index (χ0n) is 11.3. The summed E-state index contributed by atoms with van der Waals surface area (Å²) in [7, 11) is 0. The zero-order valence-corrected chi connectivity index (χ0v) is 12.0. The third kappa shape index (κ3) is 2.20. The van der Waals surface area contributed by atoms with E-state index >= 15 is 0 Å². The molecule has 1 N–H and O–H groups in total. The highest BCUT2D eigenvalue weighted by Gasteiger charge is 2.17. The van der Waals surface area contributed by atoms with Crippen molar-refractivity contribution in [2.24, 2.45) is 0 Å². The van der Waals surface area contributed by atoms with Gasteiger partial charge in [-0.15, -0.1) is 0 Å². The van der Waals surface area contributed by atoms with Crippen LogP contribution in [0.5, 0.6) is 0 Å². The van der Waals surface area contributed by atoms with Gasteiger partial charge in [0.25, 0.3) is 0 Å². The van der Waals surface area contributed by atoms with Crippen LogP contribution >= 0.6 is 11.6 Å². The number of nitrogens with one attached hydrogen (secondary N) is 1. The number of nitrogens with zero attached hydrogens (tertiary/aromatic N) is 1. The normalized spacial score (nSPS) is 10.5. The molecule has 4 heteroatoms. The molecule has 0 atom stereocenters. The number of aromatic nitrogens is 1. The van der Waals surface area contributed by atoms with Crippen LogP contribution in [0.3, 0.4) is 0 Å². The molecule has 102 valence electrons. The highest BCUT2D eigenvalue weighted by molar-refractivity contribution is 6.31. The van der Waals surface area contributed by atoms with Crippen molar-refractivity contribution in [2.45, 2.75) is 6.92 Å². The standard InChI is InChI=1S/C17H11ClN2O/c1-10-7-11(5-6-14(10)18)17(21)13-9-20-15-4-2-3-12(8-19)16(13)15/h2-7,9,20H,1H3. The molecule has 0 spiro atoms. The minimum absolute atomic E-state index is 0.122. The molecule has 0 aliphatic heterocycles. The van der Waals surface area contributed by atoms with Crippen LogP contribution in [0, 0.1) is 18.3 Å².